The second-order valence-electron chi connectivity index (χ2n) is 7.95. The summed E-state index contributed by atoms with van der Waals surface area (Å²) < 4.78 is 5.13. The van der Waals surface area contributed by atoms with Gasteiger partial charge >= 0.3 is 0 Å². The lowest BCUT2D eigenvalue weighted by molar-refractivity contribution is -0.126. The molecule has 0 saturated carbocycles. The number of ether oxygens (including phenoxy) is 1. The number of hydrazine groups is 1. The van der Waals surface area contributed by atoms with Crippen molar-refractivity contribution in [2.45, 2.75) is 32.6 Å². The normalized spacial score (nSPS) is 20.6. The van der Waals surface area contributed by atoms with Gasteiger partial charge in [0.25, 0.3) is 5.91 Å². The second-order valence-corrected chi connectivity index (χ2v) is 9.09. The van der Waals surface area contributed by atoms with E-state index >= 15 is 0 Å². The number of thiophene rings is 1. The summed E-state index contributed by atoms with van der Waals surface area (Å²) in [6.07, 6.45) is 3.26. The zero-order valence-electron chi connectivity index (χ0n) is 17.1. The molecule has 2 aromatic rings. The van der Waals surface area contributed by atoms with Gasteiger partial charge in [-0.25, -0.2) is 0 Å². The van der Waals surface area contributed by atoms with Crippen LogP contribution in [-0.4, -0.2) is 31.4 Å². The van der Waals surface area contributed by atoms with E-state index in [1.165, 1.54) is 21.8 Å². The Morgan fingerprint density at radius 3 is 2.67 bits per heavy atom. The Morgan fingerprint density at radius 1 is 1.17 bits per heavy atom. The van der Waals surface area contributed by atoms with Gasteiger partial charge in [-0.1, -0.05) is 6.92 Å². The van der Waals surface area contributed by atoms with Crippen molar-refractivity contribution in [3.05, 3.63) is 45.6 Å². The third kappa shape index (κ3) is 4.18. The molecular weight excluding hydrogens is 402 g/mol. The van der Waals surface area contributed by atoms with Crippen LogP contribution in [0, 0.1) is 11.8 Å². The van der Waals surface area contributed by atoms with Crippen molar-refractivity contribution in [1.29, 1.82) is 0 Å². The largest absolute Gasteiger partial charge is 0.497 e. The number of aryl methyl sites for hydroxylation is 1. The lowest BCUT2D eigenvalue weighted by Crippen LogP contribution is -2.45. The third-order valence-electron chi connectivity index (χ3n) is 5.73. The van der Waals surface area contributed by atoms with Crippen molar-refractivity contribution < 1.29 is 19.1 Å². The van der Waals surface area contributed by atoms with Gasteiger partial charge in [-0.05, 0) is 61.1 Å². The summed E-state index contributed by atoms with van der Waals surface area (Å²) in [6.45, 7) is 2.50. The van der Waals surface area contributed by atoms with E-state index in [1.807, 2.05) is 6.07 Å². The molecule has 1 aliphatic heterocycles. The maximum absolute atomic E-state index is 12.5. The zero-order chi connectivity index (χ0) is 21.3. The molecule has 3 amide bonds. The van der Waals surface area contributed by atoms with Crippen LogP contribution in [0.5, 0.6) is 5.75 Å². The van der Waals surface area contributed by atoms with Crippen molar-refractivity contribution in [3.8, 4) is 5.75 Å². The van der Waals surface area contributed by atoms with Gasteiger partial charge in [0, 0.05) is 23.5 Å². The Labute approximate surface area is 179 Å². The van der Waals surface area contributed by atoms with Crippen LogP contribution in [0.2, 0.25) is 0 Å². The predicted octanol–water partition coefficient (Wildman–Crippen LogP) is 2.70. The van der Waals surface area contributed by atoms with Gasteiger partial charge in [0.15, 0.2) is 0 Å². The highest BCUT2D eigenvalue weighted by Gasteiger charge is 2.35. The molecule has 1 aromatic heterocycles. The molecule has 2 unspecified atom stereocenters. The summed E-state index contributed by atoms with van der Waals surface area (Å²) >= 11 is 1.49. The van der Waals surface area contributed by atoms with Crippen molar-refractivity contribution in [3.63, 3.8) is 0 Å². The lowest BCUT2D eigenvalue weighted by atomic mass is 9.90. The highest BCUT2D eigenvalue weighted by atomic mass is 32.1. The summed E-state index contributed by atoms with van der Waals surface area (Å²) in [5.74, 6) is 0.0294. The molecule has 7 nitrogen and oxygen atoms in total. The molecule has 0 radical (unpaired) electrons. The minimum atomic E-state index is -0.516. The molecule has 4 rings (SSSR count). The fraction of sp³-hybridized carbons (Fsp3) is 0.409. The molecule has 2 heterocycles. The van der Waals surface area contributed by atoms with Crippen LogP contribution >= 0.6 is 11.3 Å². The summed E-state index contributed by atoms with van der Waals surface area (Å²) in [4.78, 5) is 40.8. The number of methoxy groups -OCH3 is 1. The predicted molar refractivity (Wildman–Crippen MR) is 115 cm³/mol. The number of carbonyl (C=O) groups is 3. The molecule has 2 aliphatic rings. The van der Waals surface area contributed by atoms with E-state index in [0.29, 0.717) is 16.5 Å². The number of fused-ring (bicyclic) bond motifs is 1. The molecule has 0 bridgehead atoms. The molecule has 2 N–H and O–H groups in total. The van der Waals surface area contributed by atoms with Crippen LogP contribution in [0.1, 0.15) is 39.9 Å². The first-order chi connectivity index (χ1) is 14.4. The number of amides is 3. The number of hydrogen-bond acceptors (Lipinski definition) is 5. The van der Waals surface area contributed by atoms with Crippen molar-refractivity contribution in [2.75, 3.05) is 18.6 Å². The molecule has 1 aliphatic carbocycles. The highest BCUT2D eigenvalue weighted by Crippen LogP contribution is 2.32. The summed E-state index contributed by atoms with van der Waals surface area (Å²) in [5, 5.41) is 0. The van der Waals surface area contributed by atoms with Gasteiger partial charge in [0.1, 0.15) is 5.75 Å². The highest BCUT2D eigenvalue weighted by molar-refractivity contribution is 7.14. The second kappa shape index (κ2) is 8.47. The van der Waals surface area contributed by atoms with Gasteiger partial charge in [-0.2, -0.15) is 0 Å². The van der Waals surface area contributed by atoms with E-state index < -0.39 is 5.92 Å². The van der Waals surface area contributed by atoms with Crippen LogP contribution in [0.3, 0.4) is 0 Å². The first kappa shape index (κ1) is 20.4. The van der Waals surface area contributed by atoms with E-state index in [4.69, 9.17) is 4.74 Å². The first-order valence-corrected chi connectivity index (χ1v) is 10.9. The van der Waals surface area contributed by atoms with Gasteiger partial charge < -0.3 is 9.64 Å². The minimum absolute atomic E-state index is 0.110. The smallest absolute Gasteiger partial charge is 0.279 e. The van der Waals surface area contributed by atoms with Gasteiger partial charge in [0.2, 0.25) is 11.8 Å². The fourth-order valence-electron chi connectivity index (χ4n) is 3.99. The number of hydrogen-bond donors (Lipinski definition) is 2. The third-order valence-corrected chi connectivity index (χ3v) is 6.97. The van der Waals surface area contributed by atoms with E-state index in [0.717, 1.165) is 24.9 Å². The van der Waals surface area contributed by atoms with Crippen molar-refractivity contribution >= 4 is 34.7 Å². The summed E-state index contributed by atoms with van der Waals surface area (Å²) in [6, 6.07) is 9.06. The van der Waals surface area contributed by atoms with E-state index in [2.05, 4.69) is 17.8 Å². The van der Waals surface area contributed by atoms with Crippen LogP contribution in [-0.2, 0) is 22.4 Å². The van der Waals surface area contributed by atoms with Gasteiger partial charge in [0.05, 0.1) is 17.9 Å². The number of rotatable bonds is 4. The number of nitrogens with one attached hydrogen (secondary N) is 2. The van der Waals surface area contributed by atoms with E-state index in [-0.39, 0.29) is 30.7 Å². The number of anilines is 1. The maximum atomic E-state index is 12.5. The van der Waals surface area contributed by atoms with Gasteiger partial charge in [-0.3, -0.25) is 25.2 Å². The quantitative estimate of drug-likeness (QED) is 0.735. The standard InChI is InChI=1S/C22H25N3O4S/c1-13-3-8-18-14(9-13)10-19(30-18)22(28)24-23-21(27)15-11-20(26)25(12-15)16-4-6-17(29-2)7-5-16/h4-7,10,13,15H,3,8-9,11-12H2,1-2H3,(H,23,27)(H,24,28). The minimum Gasteiger partial charge on any atom is -0.497 e. The lowest BCUT2D eigenvalue weighted by Gasteiger charge is -2.17. The van der Waals surface area contributed by atoms with Crippen LogP contribution in [0.25, 0.3) is 0 Å². The monoisotopic (exact) mass is 427 g/mol. The molecule has 2 atom stereocenters. The van der Waals surface area contributed by atoms with Crippen molar-refractivity contribution in [1.82, 2.24) is 10.9 Å². The Kier molecular flexibility index (Phi) is 5.76. The molecule has 1 aromatic carbocycles. The summed E-state index contributed by atoms with van der Waals surface area (Å²) in [5.41, 5.74) is 6.96. The molecule has 30 heavy (non-hydrogen) atoms. The Balaban J connectivity index is 1.33. The molecule has 1 saturated heterocycles. The number of benzene rings is 1. The molecular formula is C22H25N3O4S. The average molecular weight is 428 g/mol. The average Bonchev–Trinajstić information content (AvgIpc) is 3.35. The maximum Gasteiger partial charge on any atom is 0.279 e. The molecule has 8 heteroatoms. The first-order valence-electron chi connectivity index (χ1n) is 10.1. The van der Waals surface area contributed by atoms with Crippen LogP contribution in [0.15, 0.2) is 30.3 Å². The van der Waals surface area contributed by atoms with E-state index in [9.17, 15) is 14.4 Å². The molecule has 1 fully saturated rings. The molecule has 158 valence electrons. The SMILES string of the molecule is COc1ccc(N2CC(C(=O)NNC(=O)c3cc4c(s3)CCC(C)C4)CC2=O)cc1. The Bertz CT molecular complexity index is 969. The topological polar surface area (TPSA) is 87.7 Å². The number of carbonyl (C=O) groups excluding carboxylic acids is 3. The van der Waals surface area contributed by atoms with Crippen molar-refractivity contribution in [2.24, 2.45) is 11.8 Å². The summed E-state index contributed by atoms with van der Waals surface area (Å²) in [7, 11) is 1.58. The zero-order valence-corrected chi connectivity index (χ0v) is 17.9. The van der Waals surface area contributed by atoms with E-state index in [1.54, 1.807) is 36.3 Å². The fourth-order valence-corrected chi connectivity index (χ4v) is 5.10. The van der Waals surface area contributed by atoms with Crippen LogP contribution in [0.4, 0.5) is 5.69 Å². The van der Waals surface area contributed by atoms with Gasteiger partial charge in [-0.15, -0.1) is 11.3 Å². The Morgan fingerprint density at radius 2 is 1.93 bits per heavy atom. The molecule has 0 spiro atoms. The Hall–Kier alpha value is -2.87. The van der Waals surface area contributed by atoms with Crippen LogP contribution < -0.4 is 20.5 Å². The number of nitrogens with zero attached hydrogens (tertiary/aromatic N) is 1.